The number of nitrogen functional groups attached to an aromatic ring is 1. The second kappa shape index (κ2) is 5.76. The van der Waals surface area contributed by atoms with Crippen LogP contribution in [0.2, 0.25) is 0 Å². The van der Waals surface area contributed by atoms with E-state index >= 15 is 0 Å². The summed E-state index contributed by atoms with van der Waals surface area (Å²) in [6, 6.07) is 2.75. The Labute approximate surface area is 103 Å². The fraction of sp³-hybridized carbons (Fsp3) is 0.273. The van der Waals surface area contributed by atoms with Gasteiger partial charge in [-0.25, -0.2) is 9.59 Å². The van der Waals surface area contributed by atoms with Gasteiger partial charge in [0.15, 0.2) is 0 Å². The Morgan fingerprint density at radius 1 is 1.06 bits per heavy atom. The van der Waals surface area contributed by atoms with Gasteiger partial charge in [0.2, 0.25) is 0 Å². The van der Waals surface area contributed by atoms with E-state index in [1.807, 2.05) is 0 Å². The highest BCUT2D eigenvalue weighted by Crippen LogP contribution is 2.30. The van der Waals surface area contributed by atoms with Crippen LogP contribution < -0.4 is 15.2 Å². The highest BCUT2D eigenvalue weighted by atomic mass is 16.7. The monoisotopic (exact) mass is 255 g/mol. The summed E-state index contributed by atoms with van der Waals surface area (Å²) in [5, 5.41) is 0. The lowest BCUT2D eigenvalue weighted by molar-refractivity contribution is 0.119. The van der Waals surface area contributed by atoms with Crippen molar-refractivity contribution >= 4 is 18.0 Å². The third-order valence-electron chi connectivity index (χ3n) is 2.10. The Bertz CT molecular complexity index is 471. The molecule has 7 nitrogen and oxygen atoms in total. The molecule has 0 aliphatic rings. The van der Waals surface area contributed by atoms with Crippen LogP contribution >= 0.6 is 0 Å². The van der Waals surface area contributed by atoms with Gasteiger partial charge >= 0.3 is 12.3 Å². The Hall–Kier alpha value is -2.44. The molecule has 0 unspecified atom stereocenters. The van der Waals surface area contributed by atoms with Gasteiger partial charge in [0.25, 0.3) is 0 Å². The van der Waals surface area contributed by atoms with E-state index in [4.69, 9.17) is 15.2 Å². The van der Waals surface area contributed by atoms with Crippen LogP contribution in [-0.4, -0.2) is 26.5 Å². The molecule has 0 aliphatic heterocycles. The zero-order chi connectivity index (χ0) is 13.7. The SMILES string of the molecule is COC(=O)Oc1cc(N)c(C)c(OC(=O)OC)c1. The number of carbonyl (C=O) groups excluding carboxylic acids is 2. The molecule has 1 aromatic carbocycles. The summed E-state index contributed by atoms with van der Waals surface area (Å²) < 4.78 is 18.3. The quantitative estimate of drug-likeness (QED) is 0.489. The van der Waals surface area contributed by atoms with Gasteiger partial charge in [0, 0.05) is 23.4 Å². The lowest BCUT2D eigenvalue weighted by atomic mass is 10.2. The van der Waals surface area contributed by atoms with Crippen LogP contribution in [0.25, 0.3) is 0 Å². The minimum Gasteiger partial charge on any atom is -0.437 e. The van der Waals surface area contributed by atoms with Crippen LogP contribution in [0.15, 0.2) is 12.1 Å². The van der Waals surface area contributed by atoms with Crippen molar-refractivity contribution in [2.45, 2.75) is 6.92 Å². The lowest BCUT2D eigenvalue weighted by Crippen LogP contribution is -2.11. The van der Waals surface area contributed by atoms with Crippen LogP contribution in [0.4, 0.5) is 15.3 Å². The lowest BCUT2D eigenvalue weighted by Gasteiger charge is -2.11. The summed E-state index contributed by atoms with van der Waals surface area (Å²) >= 11 is 0. The minimum atomic E-state index is -0.901. The van der Waals surface area contributed by atoms with Crippen molar-refractivity contribution in [3.63, 3.8) is 0 Å². The molecule has 0 radical (unpaired) electrons. The van der Waals surface area contributed by atoms with Crippen molar-refractivity contribution in [2.75, 3.05) is 20.0 Å². The molecule has 98 valence electrons. The molecule has 1 aromatic rings. The molecule has 7 heteroatoms. The van der Waals surface area contributed by atoms with Crippen molar-refractivity contribution < 1.29 is 28.5 Å². The summed E-state index contributed by atoms with van der Waals surface area (Å²) in [5.74, 6) is 0.240. The number of anilines is 1. The average Bonchev–Trinajstić information content (AvgIpc) is 2.34. The Morgan fingerprint density at radius 3 is 2.17 bits per heavy atom. The van der Waals surface area contributed by atoms with E-state index in [2.05, 4.69) is 9.47 Å². The van der Waals surface area contributed by atoms with Gasteiger partial charge < -0.3 is 24.7 Å². The topological polar surface area (TPSA) is 97.1 Å². The maximum Gasteiger partial charge on any atom is 0.513 e. The van der Waals surface area contributed by atoms with E-state index in [1.54, 1.807) is 6.92 Å². The fourth-order valence-corrected chi connectivity index (χ4v) is 1.12. The number of methoxy groups -OCH3 is 2. The van der Waals surface area contributed by atoms with Crippen LogP contribution in [0, 0.1) is 6.92 Å². The van der Waals surface area contributed by atoms with Crippen molar-refractivity contribution in [1.29, 1.82) is 0 Å². The molecular formula is C11H13NO6. The third-order valence-corrected chi connectivity index (χ3v) is 2.10. The smallest absolute Gasteiger partial charge is 0.437 e. The first-order chi connectivity index (χ1) is 8.47. The van der Waals surface area contributed by atoms with Crippen molar-refractivity contribution in [1.82, 2.24) is 0 Å². The normalized spacial score (nSPS) is 9.50. The number of rotatable bonds is 2. The number of hydrogen-bond acceptors (Lipinski definition) is 7. The zero-order valence-electron chi connectivity index (χ0n) is 10.2. The largest absolute Gasteiger partial charge is 0.513 e. The number of nitrogens with two attached hydrogens (primary N) is 1. The standard InChI is InChI=1S/C11H13NO6/c1-6-8(12)4-7(17-10(13)15-2)5-9(6)18-11(14)16-3/h4-5H,12H2,1-3H3. The molecule has 0 saturated heterocycles. The first-order valence-electron chi connectivity index (χ1n) is 4.89. The Balaban J connectivity index is 3.02. The van der Waals surface area contributed by atoms with E-state index in [0.29, 0.717) is 11.3 Å². The first-order valence-corrected chi connectivity index (χ1v) is 4.89. The van der Waals surface area contributed by atoms with Crippen LogP contribution in [0.1, 0.15) is 5.56 Å². The van der Waals surface area contributed by atoms with Gasteiger partial charge in [0.05, 0.1) is 14.2 Å². The van der Waals surface area contributed by atoms with Crippen molar-refractivity contribution in [3.05, 3.63) is 17.7 Å². The molecule has 0 saturated carbocycles. The highest BCUT2D eigenvalue weighted by Gasteiger charge is 2.13. The average molecular weight is 255 g/mol. The zero-order valence-corrected chi connectivity index (χ0v) is 10.2. The van der Waals surface area contributed by atoms with E-state index < -0.39 is 12.3 Å². The fourth-order valence-electron chi connectivity index (χ4n) is 1.12. The first kappa shape index (κ1) is 13.6. The summed E-state index contributed by atoms with van der Waals surface area (Å²) in [7, 11) is 2.35. The van der Waals surface area contributed by atoms with E-state index in [-0.39, 0.29) is 11.5 Å². The molecule has 2 N–H and O–H groups in total. The van der Waals surface area contributed by atoms with Gasteiger partial charge in [-0.2, -0.15) is 0 Å². The van der Waals surface area contributed by atoms with E-state index in [1.165, 1.54) is 26.4 Å². The number of benzene rings is 1. The second-order valence-electron chi connectivity index (χ2n) is 3.25. The number of carbonyl (C=O) groups is 2. The van der Waals surface area contributed by atoms with Gasteiger partial charge in [-0.3, -0.25) is 0 Å². The molecule has 0 fully saturated rings. The maximum atomic E-state index is 11.0. The summed E-state index contributed by atoms with van der Waals surface area (Å²) in [6.45, 7) is 1.65. The molecule has 0 spiro atoms. The Kier molecular flexibility index (Phi) is 4.36. The molecular weight excluding hydrogens is 242 g/mol. The van der Waals surface area contributed by atoms with Crippen LogP contribution in [-0.2, 0) is 9.47 Å². The van der Waals surface area contributed by atoms with E-state index in [0.717, 1.165) is 0 Å². The minimum absolute atomic E-state index is 0.101. The summed E-state index contributed by atoms with van der Waals surface area (Å²) in [6.07, 6.45) is -1.80. The highest BCUT2D eigenvalue weighted by molar-refractivity contribution is 5.70. The van der Waals surface area contributed by atoms with Crippen LogP contribution in [0.5, 0.6) is 11.5 Å². The van der Waals surface area contributed by atoms with Crippen molar-refractivity contribution in [2.24, 2.45) is 0 Å². The maximum absolute atomic E-state index is 11.0. The summed E-state index contributed by atoms with van der Waals surface area (Å²) in [5.41, 5.74) is 6.52. The third kappa shape index (κ3) is 3.27. The Morgan fingerprint density at radius 2 is 1.61 bits per heavy atom. The van der Waals surface area contributed by atoms with Gasteiger partial charge in [-0.05, 0) is 6.92 Å². The van der Waals surface area contributed by atoms with Gasteiger partial charge in [-0.1, -0.05) is 0 Å². The molecule has 0 bridgehead atoms. The van der Waals surface area contributed by atoms with E-state index in [9.17, 15) is 9.59 Å². The molecule has 0 atom stereocenters. The van der Waals surface area contributed by atoms with Crippen molar-refractivity contribution in [3.8, 4) is 11.5 Å². The number of ether oxygens (including phenoxy) is 4. The van der Waals surface area contributed by atoms with Gasteiger partial charge in [0.1, 0.15) is 11.5 Å². The number of hydrogen-bond donors (Lipinski definition) is 1. The molecule has 0 heterocycles. The van der Waals surface area contributed by atoms with Gasteiger partial charge in [-0.15, -0.1) is 0 Å². The molecule has 0 aromatic heterocycles. The summed E-state index contributed by atoms with van der Waals surface area (Å²) in [4.78, 5) is 22.0. The molecule has 18 heavy (non-hydrogen) atoms. The predicted molar refractivity (Wildman–Crippen MR) is 61.7 cm³/mol. The predicted octanol–water partition coefficient (Wildman–Crippen LogP) is 1.87. The molecule has 1 rings (SSSR count). The molecule has 0 amide bonds. The molecule has 0 aliphatic carbocycles. The second-order valence-corrected chi connectivity index (χ2v) is 3.25. The van der Waals surface area contributed by atoms with Crippen LogP contribution in [0.3, 0.4) is 0 Å².